The molecule has 3 rings (SSSR count). The summed E-state index contributed by atoms with van der Waals surface area (Å²) in [6, 6.07) is 10.7. The third-order valence-electron chi connectivity index (χ3n) is 5.75. The monoisotopic (exact) mass is 525 g/mol. The second-order valence-electron chi connectivity index (χ2n) is 7.73. The number of aromatic nitrogens is 2. The van der Waals surface area contributed by atoms with Crippen molar-refractivity contribution in [1.29, 1.82) is 0 Å². The second-order valence-corrected chi connectivity index (χ2v) is 7.73. The maximum atomic E-state index is 4.48. The lowest BCUT2D eigenvalue weighted by atomic mass is 10.2. The van der Waals surface area contributed by atoms with Gasteiger partial charge in [0.1, 0.15) is 0 Å². The first-order chi connectivity index (χ1) is 14.1. The summed E-state index contributed by atoms with van der Waals surface area (Å²) >= 11 is 0. The summed E-state index contributed by atoms with van der Waals surface area (Å²) in [5, 5.41) is 11.3. The molecular weight excluding hydrogens is 489 g/mol. The van der Waals surface area contributed by atoms with Gasteiger partial charge in [-0.1, -0.05) is 30.3 Å². The van der Waals surface area contributed by atoms with E-state index in [0.717, 1.165) is 64.0 Å². The van der Waals surface area contributed by atoms with Gasteiger partial charge in [-0.25, -0.2) is 0 Å². The molecule has 0 amide bonds. The fourth-order valence-electron chi connectivity index (χ4n) is 3.81. The highest BCUT2D eigenvalue weighted by Crippen LogP contribution is 2.11. The molecule has 1 aliphatic rings. The van der Waals surface area contributed by atoms with Crippen LogP contribution in [0.3, 0.4) is 0 Å². The summed E-state index contributed by atoms with van der Waals surface area (Å²) in [6.07, 6.45) is 0. The van der Waals surface area contributed by atoms with Gasteiger partial charge in [-0.15, -0.1) is 24.0 Å². The molecule has 8 heteroatoms. The molecule has 1 aromatic carbocycles. The fraction of sp³-hybridized carbons (Fsp3) is 0.545. The molecule has 1 aliphatic heterocycles. The topological polar surface area (TPSA) is 60.7 Å². The fourth-order valence-corrected chi connectivity index (χ4v) is 3.81. The summed E-state index contributed by atoms with van der Waals surface area (Å²) in [5.74, 6) is 0.843. The van der Waals surface area contributed by atoms with Crippen LogP contribution in [0.15, 0.2) is 35.3 Å². The smallest absolute Gasteiger partial charge is 0.191 e. The lowest BCUT2D eigenvalue weighted by Crippen LogP contribution is -2.48. The molecule has 0 bridgehead atoms. The minimum atomic E-state index is 0. The van der Waals surface area contributed by atoms with Crippen molar-refractivity contribution < 1.29 is 0 Å². The molecule has 1 aromatic heterocycles. The quantitative estimate of drug-likeness (QED) is 0.330. The highest BCUT2D eigenvalue weighted by atomic mass is 127. The van der Waals surface area contributed by atoms with Gasteiger partial charge in [0.2, 0.25) is 0 Å². The van der Waals surface area contributed by atoms with Crippen molar-refractivity contribution in [3.8, 4) is 0 Å². The van der Waals surface area contributed by atoms with E-state index < -0.39 is 0 Å². The first-order valence-electron chi connectivity index (χ1n) is 10.5. The molecule has 7 nitrogen and oxygen atoms in total. The molecule has 0 radical (unpaired) electrons. The Kier molecular flexibility index (Phi) is 10.1. The van der Waals surface area contributed by atoms with Crippen LogP contribution < -0.4 is 10.6 Å². The summed E-state index contributed by atoms with van der Waals surface area (Å²) in [4.78, 5) is 9.42. The minimum Gasteiger partial charge on any atom is -0.355 e. The van der Waals surface area contributed by atoms with Crippen molar-refractivity contribution in [2.24, 2.45) is 12.0 Å². The number of rotatable bonds is 7. The van der Waals surface area contributed by atoms with Gasteiger partial charge >= 0.3 is 0 Å². The number of nitrogens with one attached hydrogen (secondary N) is 2. The average Bonchev–Trinajstić information content (AvgIpc) is 2.98. The Labute approximate surface area is 197 Å². The van der Waals surface area contributed by atoms with Crippen molar-refractivity contribution in [2.45, 2.75) is 26.9 Å². The van der Waals surface area contributed by atoms with Crippen molar-refractivity contribution in [3.05, 3.63) is 52.8 Å². The Bertz CT molecular complexity index is 795. The van der Waals surface area contributed by atoms with Crippen LogP contribution >= 0.6 is 24.0 Å². The molecule has 0 saturated carbocycles. The summed E-state index contributed by atoms with van der Waals surface area (Å²) in [6.45, 7) is 12.4. The summed E-state index contributed by atoms with van der Waals surface area (Å²) < 4.78 is 1.93. The average molecular weight is 525 g/mol. The van der Waals surface area contributed by atoms with Crippen LogP contribution in [0.2, 0.25) is 0 Å². The first-order valence-corrected chi connectivity index (χ1v) is 10.5. The number of nitrogens with zero attached hydrogens (tertiary/aromatic N) is 5. The third-order valence-corrected chi connectivity index (χ3v) is 5.75. The van der Waals surface area contributed by atoms with Crippen LogP contribution in [0.25, 0.3) is 0 Å². The summed E-state index contributed by atoms with van der Waals surface area (Å²) in [5.41, 5.74) is 4.90. The zero-order chi connectivity index (χ0) is 20.6. The molecule has 2 N–H and O–H groups in total. The van der Waals surface area contributed by atoms with E-state index in [-0.39, 0.29) is 24.0 Å². The predicted molar refractivity (Wildman–Crippen MR) is 134 cm³/mol. The number of hydrogen-bond acceptors (Lipinski definition) is 4. The number of hydrogen-bond donors (Lipinski definition) is 2. The molecule has 166 valence electrons. The van der Waals surface area contributed by atoms with Crippen LogP contribution in [0.5, 0.6) is 0 Å². The maximum absolute atomic E-state index is 4.48. The number of guanidine groups is 1. The zero-order valence-corrected chi connectivity index (χ0v) is 21.0. The zero-order valence-electron chi connectivity index (χ0n) is 18.7. The standard InChI is InChI=1S/C22H35N7.HI/c1-18-21(19(2)27(4)26-18)16-25-22(23-3)24-10-11-28-12-14-29(15-13-28)17-20-8-6-5-7-9-20;/h5-9H,10-17H2,1-4H3,(H2,23,24,25);1H. The van der Waals surface area contributed by atoms with E-state index in [2.05, 4.69) is 74.7 Å². The summed E-state index contributed by atoms with van der Waals surface area (Å²) in [7, 11) is 3.80. The minimum absolute atomic E-state index is 0. The number of aryl methyl sites for hydroxylation is 2. The Morgan fingerprint density at radius 1 is 1.03 bits per heavy atom. The van der Waals surface area contributed by atoms with Crippen molar-refractivity contribution in [3.63, 3.8) is 0 Å². The Morgan fingerprint density at radius 2 is 1.70 bits per heavy atom. The molecule has 0 atom stereocenters. The van der Waals surface area contributed by atoms with E-state index in [1.165, 1.54) is 16.8 Å². The number of halogens is 1. The van der Waals surface area contributed by atoms with Gasteiger partial charge in [0.25, 0.3) is 0 Å². The van der Waals surface area contributed by atoms with Gasteiger partial charge in [0.05, 0.1) is 5.69 Å². The van der Waals surface area contributed by atoms with Crippen molar-refractivity contribution >= 4 is 29.9 Å². The van der Waals surface area contributed by atoms with E-state index in [9.17, 15) is 0 Å². The SMILES string of the molecule is CN=C(NCCN1CCN(Cc2ccccc2)CC1)NCc1c(C)nn(C)c1C.I. The van der Waals surface area contributed by atoms with E-state index in [4.69, 9.17) is 0 Å². The van der Waals surface area contributed by atoms with E-state index in [0.29, 0.717) is 0 Å². The lowest BCUT2D eigenvalue weighted by Gasteiger charge is -2.34. The molecule has 2 heterocycles. The number of benzene rings is 1. The molecule has 0 spiro atoms. The highest BCUT2D eigenvalue weighted by Gasteiger charge is 2.16. The van der Waals surface area contributed by atoms with Crippen molar-refractivity contribution in [2.75, 3.05) is 46.3 Å². The van der Waals surface area contributed by atoms with Gasteiger partial charge < -0.3 is 10.6 Å². The maximum Gasteiger partial charge on any atom is 0.191 e. The molecule has 0 unspecified atom stereocenters. The number of aliphatic imine (C=N–C) groups is 1. The van der Waals surface area contributed by atoms with Gasteiger partial charge in [-0.3, -0.25) is 19.5 Å². The largest absolute Gasteiger partial charge is 0.355 e. The molecule has 2 aromatic rings. The Balaban J connectivity index is 0.00000320. The molecule has 0 aliphatic carbocycles. The molecule has 1 saturated heterocycles. The van der Waals surface area contributed by atoms with Gasteiger partial charge in [-0.05, 0) is 19.4 Å². The van der Waals surface area contributed by atoms with Gasteiger partial charge in [0.15, 0.2) is 5.96 Å². The lowest BCUT2D eigenvalue weighted by molar-refractivity contribution is 0.129. The van der Waals surface area contributed by atoms with Crippen LogP contribution in [0.1, 0.15) is 22.5 Å². The van der Waals surface area contributed by atoms with Gasteiger partial charge in [0, 0.05) is 77.7 Å². The predicted octanol–water partition coefficient (Wildman–Crippen LogP) is 2.14. The molecular formula is C22H36IN7. The van der Waals surface area contributed by atoms with Crippen LogP contribution in [0, 0.1) is 13.8 Å². The van der Waals surface area contributed by atoms with E-state index in [1.807, 2.05) is 18.8 Å². The Morgan fingerprint density at radius 3 is 2.30 bits per heavy atom. The van der Waals surface area contributed by atoms with Crippen molar-refractivity contribution in [1.82, 2.24) is 30.2 Å². The molecule has 30 heavy (non-hydrogen) atoms. The molecule has 1 fully saturated rings. The van der Waals surface area contributed by atoms with Gasteiger partial charge in [-0.2, -0.15) is 5.10 Å². The van der Waals surface area contributed by atoms with E-state index >= 15 is 0 Å². The van der Waals surface area contributed by atoms with Crippen LogP contribution in [-0.4, -0.2) is 71.9 Å². The van der Waals surface area contributed by atoms with Crippen LogP contribution in [0.4, 0.5) is 0 Å². The second kappa shape index (κ2) is 12.3. The highest BCUT2D eigenvalue weighted by molar-refractivity contribution is 14.0. The Hall–Kier alpha value is -1.65. The first kappa shape index (κ1) is 24.6. The van der Waals surface area contributed by atoms with Crippen LogP contribution in [-0.2, 0) is 20.1 Å². The van der Waals surface area contributed by atoms with E-state index in [1.54, 1.807) is 0 Å². The normalized spacial score (nSPS) is 15.7. The number of piperazine rings is 1. The third kappa shape index (κ3) is 6.95.